The van der Waals surface area contributed by atoms with E-state index in [1.807, 2.05) is 12.1 Å². The summed E-state index contributed by atoms with van der Waals surface area (Å²) in [5, 5.41) is 19.2. The van der Waals surface area contributed by atoms with E-state index in [4.69, 9.17) is 15.6 Å². The Balaban J connectivity index is 1.83. The van der Waals surface area contributed by atoms with Crippen molar-refractivity contribution < 1.29 is 19.7 Å². The van der Waals surface area contributed by atoms with Crippen molar-refractivity contribution in [1.29, 1.82) is 0 Å². The van der Waals surface area contributed by atoms with Crippen molar-refractivity contribution in [2.75, 3.05) is 0 Å². The first-order valence-electron chi connectivity index (χ1n) is 8.86. The smallest absolute Gasteiger partial charge is 0.320 e. The molecule has 0 spiro atoms. The predicted molar refractivity (Wildman–Crippen MR) is 129 cm³/mol. The zero-order valence-electron chi connectivity index (χ0n) is 15.6. The Bertz CT molecular complexity index is 1100. The Kier molecular flexibility index (Phi) is 7.36. The minimum absolute atomic E-state index is 0.135. The number of carboxylic acid groups (broad SMARTS) is 1. The molecule has 0 aliphatic heterocycles. The minimum atomic E-state index is -1.04. The summed E-state index contributed by atoms with van der Waals surface area (Å²) in [5.74, 6) is 0.290. The Morgan fingerprint density at radius 2 is 1.80 bits per heavy atom. The van der Waals surface area contributed by atoms with Gasteiger partial charge in [-0.1, -0.05) is 6.07 Å². The van der Waals surface area contributed by atoms with Gasteiger partial charge in [-0.15, -0.1) is 0 Å². The highest BCUT2D eigenvalue weighted by Crippen LogP contribution is 2.35. The molecule has 5 N–H and O–H groups in total. The van der Waals surface area contributed by atoms with Crippen LogP contribution in [0.3, 0.4) is 0 Å². The van der Waals surface area contributed by atoms with Gasteiger partial charge in [0.25, 0.3) is 0 Å². The van der Waals surface area contributed by atoms with Crippen molar-refractivity contribution in [3.05, 3.63) is 82.8 Å². The Hall–Kier alpha value is -2.12. The molecule has 3 aromatic rings. The standard InChI is InChI=1S/C21H18I2N2O5/c22-15-6-12(8-17(24)21(28)29)7-16(23)20(15)30-14-2-3-18(26)13(9-14)5-11-1-4-19(27)25-10-11/h1-4,6-7,9-10,17,26H,5,8,24H2,(H,25,27)(H,28,29). The van der Waals surface area contributed by atoms with Gasteiger partial charge in [0.15, 0.2) is 5.75 Å². The Labute approximate surface area is 199 Å². The lowest BCUT2D eigenvalue weighted by molar-refractivity contribution is -0.138. The summed E-state index contributed by atoms with van der Waals surface area (Å²) >= 11 is 4.28. The Morgan fingerprint density at radius 1 is 1.10 bits per heavy atom. The second kappa shape index (κ2) is 9.79. The van der Waals surface area contributed by atoms with E-state index in [0.29, 0.717) is 23.5 Å². The average Bonchev–Trinajstić information content (AvgIpc) is 2.68. The fourth-order valence-corrected chi connectivity index (χ4v) is 4.94. The molecule has 0 saturated carbocycles. The number of hydrogen-bond donors (Lipinski definition) is 4. The lowest BCUT2D eigenvalue weighted by Gasteiger charge is -2.14. The van der Waals surface area contributed by atoms with E-state index in [1.54, 1.807) is 30.5 Å². The molecule has 1 atom stereocenters. The largest absolute Gasteiger partial charge is 0.508 e. The molecule has 3 rings (SSSR count). The fourth-order valence-electron chi connectivity index (χ4n) is 2.83. The molecule has 156 valence electrons. The highest BCUT2D eigenvalue weighted by atomic mass is 127. The topological polar surface area (TPSA) is 126 Å². The summed E-state index contributed by atoms with van der Waals surface area (Å²) in [5.41, 5.74) is 7.78. The lowest BCUT2D eigenvalue weighted by Crippen LogP contribution is -2.32. The zero-order chi connectivity index (χ0) is 21.8. The fraction of sp³-hybridized carbons (Fsp3) is 0.143. The molecule has 0 bridgehead atoms. The number of phenols is 1. The quantitative estimate of drug-likeness (QED) is 0.295. The van der Waals surface area contributed by atoms with Gasteiger partial charge in [0.2, 0.25) is 5.56 Å². The van der Waals surface area contributed by atoms with Crippen molar-refractivity contribution in [2.45, 2.75) is 18.9 Å². The first-order chi connectivity index (χ1) is 14.2. The second-order valence-corrected chi connectivity index (χ2v) is 8.99. The molecule has 1 aromatic heterocycles. The number of carbonyl (C=O) groups is 1. The number of phenolic OH excluding ortho intramolecular Hbond substituents is 1. The summed E-state index contributed by atoms with van der Waals surface area (Å²) in [6, 6.07) is 10.9. The number of pyridine rings is 1. The van der Waals surface area contributed by atoms with Crippen LogP contribution in [-0.4, -0.2) is 27.2 Å². The van der Waals surface area contributed by atoms with E-state index in [-0.39, 0.29) is 17.7 Å². The number of nitrogens with two attached hydrogens (primary N) is 1. The van der Waals surface area contributed by atoms with Crippen LogP contribution in [0.2, 0.25) is 0 Å². The first kappa shape index (κ1) is 22.6. The molecule has 0 amide bonds. The lowest BCUT2D eigenvalue weighted by atomic mass is 10.1. The molecule has 0 radical (unpaired) electrons. The summed E-state index contributed by atoms with van der Waals surface area (Å²) in [6.45, 7) is 0. The molecule has 0 aliphatic carbocycles. The number of benzene rings is 2. The van der Waals surface area contributed by atoms with Crippen molar-refractivity contribution >= 4 is 51.2 Å². The maximum absolute atomic E-state index is 11.2. The van der Waals surface area contributed by atoms with Gasteiger partial charge in [-0.05, 0) is 93.1 Å². The van der Waals surface area contributed by atoms with Gasteiger partial charge in [-0.2, -0.15) is 0 Å². The molecule has 0 saturated heterocycles. The van der Waals surface area contributed by atoms with Crippen LogP contribution in [0.15, 0.2) is 53.5 Å². The number of carboxylic acids is 1. The third-order valence-corrected chi connectivity index (χ3v) is 5.95. The first-order valence-corrected chi connectivity index (χ1v) is 11.0. The minimum Gasteiger partial charge on any atom is -0.508 e. The number of H-pyrrole nitrogens is 1. The molecule has 1 unspecified atom stereocenters. The van der Waals surface area contributed by atoms with Gasteiger partial charge >= 0.3 is 5.97 Å². The molecule has 7 nitrogen and oxygen atoms in total. The third-order valence-electron chi connectivity index (χ3n) is 4.34. The number of ether oxygens (including phenoxy) is 1. The highest BCUT2D eigenvalue weighted by Gasteiger charge is 2.16. The van der Waals surface area contributed by atoms with Gasteiger partial charge < -0.3 is 25.7 Å². The highest BCUT2D eigenvalue weighted by molar-refractivity contribution is 14.1. The number of nitrogens with one attached hydrogen (secondary N) is 1. The van der Waals surface area contributed by atoms with E-state index < -0.39 is 12.0 Å². The number of aliphatic carboxylic acids is 1. The van der Waals surface area contributed by atoms with E-state index >= 15 is 0 Å². The SMILES string of the molecule is NC(Cc1cc(I)c(Oc2ccc(O)c(Cc3ccc(=O)[nH]c3)c2)c(I)c1)C(=O)O. The van der Waals surface area contributed by atoms with Crippen molar-refractivity contribution in [2.24, 2.45) is 5.73 Å². The van der Waals surface area contributed by atoms with Gasteiger partial charge in [0, 0.05) is 24.2 Å². The van der Waals surface area contributed by atoms with Crippen LogP contribution in [-0.2, 0) is 17.6 Å². The van der Waals surface area contributed by atoms with E-state index in [2.05, 4.69) is 50.2 Å². The average molecular weight is 632 g/mol. The van der Waals surface area contributed by atoms with Crippen LogP contribution in [0.25, 0.3) is 0 Å². The van der Waals surface area contributed by atoms with Crippen molar-refractivity contribution in [1.82, 2.24) is 4.98 Å². The van der Waals surface area contributed by atoms with Gasteiger partial charge in [-0.25, -0.2) is 0 Å². The molecule has 30 heavy (non-hydrogen) atoms. The molecular weight excluding hydrogens is 614 g/mol. The summed E-state index contributed by atoms with van der Waals surface area (Å²) < 4.78 is 7.71. The maximum atomic E-state index is 11.2. The van der Waals surface area contributed by atoms with Crippen LogP contribution in [0.1, 0.15) is 16.7 Å². The maximum Gasteiger partial charge on any atom is 0.320 e. The molecule has 0 fully saturated rings. The molecule has 0 aliphatic rings. The molecular formula is C21H18I2N2O5. The van der Waals surface area contributed by atoms with Crippen LogP contribution in [0.4, 0.5) is 0 Å². The third kappa shape index (κ3) is 5.73. The van der Waals surface area contributed by atoms with Gasteiger partial charge in [-0.3, -0.25) is 9.59 Å². The van der Waals surface area contributed by atoms with Crippen LogP contribution in [0, 0.1) is 7.14 Å². The normalized spacial score (nSPS) is 11.8. The second-order valence-electron chi connectivity index (χ2n) is 6.67. The number of aromatic nitrogens is 1. The van der Waals surface area contributed by atoms with Gasteiger partial charge in [0.1, 0.15) is 17.5 Å². The summed E-state index contributed by atoms with van der Waals surface area (Å²) in [6.07, 6.45) is 2.27. The number of halogens is 2. The van der Waals surface area contributed by atoms with Gasteiger partial charge in [0.05, 0.1) is 7.14 Å². The van der Waals surface area contributed by atoms with Crippen LogP contribution < -0.4 is 16.0 Å². The Morgan fingerprint density at radius 3 is 2.40 bits per heavy atom. The van der Waals surface area contributed by atoms with E-state index in [1.165, 1.54) is 6.07 Å². The summed E-state index contributed by atoms with van der Waals surface area (Å²) in [4.78, 5) is 24.8. The molecule has 9 heteroatoms. The van der Waals surface area contributed by atoms with Crippen LogP contribution >= 0.6 is 45.2 Å². The van der Waals surface area contributed by atoms with Crippen molar-refractivity contribution in [3.8, 4) is 17.2 Å². The summed E-state index contributed by atoms with van der Waals surface area (Å²) in [7, 11) is 0. The number of aromatic amines is 1. The van der Waals surface area contributed by atoms with Crippen LogP contribution in [0.5, 0.6) is 17.2 Å². The number of hydrogen-bond acceptors (Lipinski definition) is 5. The number of rotatable bonds is 7. The molecule has 2 aromatic carbocycles. The number of aromatic hydroxyl groups is 1. The predicted octanol–water partition coefficient (Wildman–Crippen LogP) is 3.63. The monoisotopic (exact) mass is 632 g/mol. The molecule has 1 heterocycles. The van der Waals surface area contributed by atoms with Crippen molar-refractivity contribution in [3.63, 3.8) is 0 Å². The van der Waals surface area contributed by atoms with E-state index in [9.17, 15) is 14.7 Å². The zero-order valence-corrected chi connectivity index (χ0v) is 19.9. The van der Waals surface area contributed by atoms with E-state index in [0.717, 1.165) is 18.3 Å².